The van der Waals surface area contributed by atoms with Gasteiger partial charge in [0.25, 0.3) is 5.91 Å². The number of amides is 1. The molecule has 1 aromatic heterocycles. The Bertz CT molecular complexity index is 1120. The fraction of sp³-hybridized carbons (Fsp3) is 0.130. The number of carbonyl (C=O) groups excluding carboxylic acids is 1. The molecular formula is C23H20N2O4. The lowest BCUT2D eigenvalue weighted by molar-refractivity contribution is -0.122. The van der Waals surface area contributed by atoms with E-state index in [-0.39, 0.29) is 5.91 Å². The molecule has 29 heavy (non-hydrogen) atoms. The second-order valence-electron chi connectivity index (χ2n) is 6.47. The highest BCUT2D eigenvalue weighted by atomic mass is 16.5. The molecule has 0 unspecified atom stereocenters. The highest BCUT2D eigenvalue weighted by Crippen LogP contribution is 2.28. The van der Waals surface area contributed by atoms with Crippen LogP contribution < -0.4 is 14.8 Å². The van der Waals surface area contributed by atoms with Crippen LogP contribution in [0, 0.1) is 0 Å². The van der Waals surface area contributed by atoms with Crippen LogP contribution in [0.5, 0.6) is 11.5 Å². The average Bonchev–Trinajstić information content (AvgIpc) is 3.18. The van der Waals surface area contributed by atoms with E-state index >= 15 is 0 Å². The summed E-state index contributed by atoms with van der Waals surface area (Å²) in [6.07, 6.45) is -0.709. The number of nitrogens with one attached hydrogen (secondary N) is 1. The minimum Gasteiger partial charge on any atom is -0.493 e. The molecule has 4 rings (SSSR count). The maximum atomic E-state index is 12.6. The van der Waals surface area contributed by atoms with Gasteiger partial charge in [0.1, 0.15) is 5.52 Å². The molecule has 4 aromatic rings. The first-order valence-corrected chi connectivity index (χ1v) is 9.20. The van der Waals surface area contributed by atoms with Gasteiger partial charge in [-0.25, -0.2) is 4.98 Å². The number of fused-ring (bicyclic) bond motifs is 1. The Morgan fingerprint density at radius 2 is 1.76 bits per heavy atom. The average molecular weight is 388 g/mol. The molecule has 1 heterocycles. The zero-order valence-electron chi connectivity index (χ0n) is 16.1. The normalized spacial score (nSPS) is 11.8. The molecule has 0 aliphatic rings. The molecule has 0 bridgehead atoms. The van der Waals surface area contributed by atoms with E-state index in [0.29, 0.717) is 23.1 Å². The van der Waals surface area contributed by atoms with Crippen LogP contribution in [-0.4, -0.2) is 24.1 Å². The van der Waals surface area contributed by atoms with Gasteiger partial charge in [-0.1, -0.05) is 30.3 Å². The fourth-order valence-corrected chi connectivity index (χ4v) is 2.93. The van der Waals surface area contributed by atoms with Crippen molar-refractivity contribution in [3.63, 3.8) is 0 Å². The minimum atomic E-state index is -0.709. The van der Waals surface area contributed by atoms with Crippen LogP contribution in [0.2, 0.25) is 0 Å². The monoisotopic (exact) mass is 388 g/mol. The van der Waals surface area contributed by atoms with Crippen molar-refractivity contribution in [3.05, 3.63) is 72.8 Å². The number of para-hydroxylation sites is 4. The number of ether oxygens (including phenoxy) is 2. The molecule has 1 atom stereocenters. The molecule has 1 N–H and O–H groups in total. The molecule has 146 valence electrons. The van der Waals surface area contributed by atoms with Crippen LogP contribution in [0.4, 0.5) is 5.69 Å². The van der Waals surface area contributed by atoms with Crippen LogP contribution in [0.3, 0.4) is 0 Å². The SMILES string of the molecule is COc1ccccc1O[C@@H](C)C(=O)Nc1cccc(-c2nc3ccccc3o2)c1. The van der Waals surface area contributed by atoms with Crippen molar-refractivity contribution < 1.29 is 18.7 Å². The molecule has 0 aliphatic heterocycles. The number of methoxy groups -OCH3 is 1. The third-order valence-electron chi connectivity index (χ3n) is 4.41. The molecule has 0 fully saturated rings. The molecule has 0 spiro atoms. The lowest BCUT2D eigenvalue weighted by atomic mass is 10.2. The highest BCUT2D eigenvalue weighted by molar-refractivity contribution is 5.94. The van der Waals surface area contributed by atoms with E-state index in [0.717, 1.165) is 16.7 Å². The Morgan fingerprint density at radius 1 is 1.00 bits per heavy atom. The van der Waals surface area contributed by atoms with Gasteiger partial charge in [0.15, 0.2) is 23.2 Å². The third-order valence-corrected chi connectivity index (χ3v) is 4.41. The van der Waals surface area contributed by atoms with E-state index in [1.165, 1.54) is 0 Å². The summed E-state index contributed by atoms with van der Waals surface area (Å²) in [5.74, 6) is 1.31. The molecule has 1 amide bonds. The minimum absolute atomic E-state index is 0.273. The number of benzene rings is 3. The lowest BCUT2D eigenvalue weighted by Gasteiger charge is -2.16. The predicted octanol–water partition coefficient (Wildman–Crippen LogP) is 4.91. The van der Waals surface area contributed by atoms with E-state index in [2.05, 4.69) is 10.3 Å². The van der Waals surface area contributed by atoms with Crippen LogP contribution in [0.15, 0.2) is 77.2 Å². The quantitative estimate of drug-likeness (QED) is 0.508. The lowest BCUT2D eigenvalue weighted by Crippen LogP contribution is -2.30. The van der Waals surface area contributed by atoms with Crippen molar-refractivity contribution in [1.82, 2.24) is 4.98 Å². The number of carbonyl (C=O) groups is 1. The van der Waals surface area contributed by atoms with Crippen molar-refractivity contribution in [2.75, 3.05) is 12.4 Å². The molecule has 0 saturated carbocycles. The smallest absolute Gasteiger partial charge is 0.265 e. The first-order chi connectivity index (χ1) is 14.1. The number of rotatable bonds is 6. The van der Waals surface area contributed by atoms with Crippen molar-refractivity contribution >= 4 is 22.7 Å². The van der Waals surface area contributed by atoms with Gasteiger partial charge in [-0.3, -0.25) is 4.79 Å². The third kappa shape index (κ3) is 4.06. The zero-order chi connectivity index (χ0) is 20.2. The van der Waals surface area contributed by atoms with Crippen molar-refractivity contribution in [1.29, 1.82) is 0 Å². The Kier molecular flexibility index (Phi) is 5.16. The summed E-state index contributed by atoms with van der Waals surface area (Å²) in [4.78, 5) is 17.1. The maximum Gasteiger partial charge on any atom is 0.265 e. The Hall–Kier alpha value is -3.80. The second-order valence-corrected chi connectivity index (χ2v) is 6.47. The van der Waals surface area contributed by atoms with E-state index in [1.807, 2.05) is 54.6 Å². The Balaban J connectivity index is 1.49. The van der Waals surface area contributed by atoms with Gasteiger partial charge in [-0.15, -0.1) is 0 Å². The van der Waals surface area contributed by atoms with E-state index in [1.54, 1.807) is 32.2 Å². The fourth-order valence-electron chi connectivity index (χ4n) is 2.93. The van der Waals surface area contributed by atoms with Gasteiger partial charge in [0.2, 0.25) is 5.89 Å². The van der Waals surface area contributed by atoms with Crippen LogP contribution in [0.25, 0.3) is 22.6 Å². The molecule has 3 aromatic carbocycles. The molecule has 6 nitrogen and oxygen atoms in total. The number of anilines is 1. The predicted molar refractivity (Wildman–Crippen MR) is 111 cm³/mol. The van der Waals surface area contributed by atoms with Gasteiger partial charge < -0.3 is 19.2 Å². The van der Waals surface area contributed by atoms with Crippen LogP contribution >= 0.6 is 0 Å². The van der Waals surface area contributed by atoms with Crippen molar-refractivity contribution in [2.45, 2.75) is 13.0 Å². The highest BCUT2D eigenvalue weighted by Gasteiger charge is 2.17. The van der Waals surface area contributed by atoms with E-state index < -0.39 is 6.10 Å². The first-order valence-electron chi connectivity index (χ1n) is 9.20. The van der Waals surface area contributed by atoms with Gasteiger partial charge in [0.05, 0.1) is 7.11 Å². The number of oxazole rings is 1. The topological polar surface area (TPSA) is 73.6 Å². The first kappa shape index (κ1) is 18.6. The summed E-state index contributed by atoms with van der Waals surface area (Å²) in [5.41, 5.74) is 2.91. The van der Waals surface area contributed by atoms with E-state index in [9.17, 15) is 4.79 Å². The molecule has 6 heteroatoms. The molecular weight excluding hydrogens is 368 g/mol. The van der Waals surface area contributed by atoms with Gasteiger partial charge in [-0.05, 0) is 49.4 Å². The Morgan fingerprint density at radius 3 is 2.55 bits per heavy atom. The number of aromatic nitrogens is 1. The summed E-state index contributed by atoms with van der Waals surface area (Å²) < 4.78 is 16.8. The van der Waals surface area contributed by atoms with Gasteiger partial charge in [-0.2, -0.15) is 0 Å². The van der Waals surface area contributed by atoms with Crippen molar-refractivity contribution in [3.8, 4) is 23.0 Å². The second kappa shape index (κ2) is 8.06. The number of nitrogens with zero attached hydrogens (tertiary/aromatic N) is 1. The standard InChI is InChI=1S/C23H20N2O4/c1-15(28-21-13-6-5-12-20(21)27-2)22(26)24-17-9-7-8-16(14-17)23-25-18-10-3-4-11-19(18)29-23/h3-15H,1-2H3,(H,24,26)/t15-/m0/s1. The van der Waals surface area contributed by atoms with Gasteiger partial charge in [0, 0.05) is 11.3 Å². The number of hydrogen-bond acceptors (Lipinski definition) is 5. The Labute approximate surface area is 168 Å². The van der Waals surface area contributed by atoms with Gasteiger partial charge >= 0.3 is 0 Å². The molecule has 0 aliphatic carbocycles. The zero-order valence-corrected chi connectivity index (χ0v) is 16.1. The van der Waals surface area contributed by atoms with Crippen molar-refractivity contribution in [2.24, 2.45) is 0 Å². The molecule has 0 radical (unpaired) electrons. The van der Waals surface area contributed by atoms with Crippen LogP contribution in [-0.2, 0) is 4.79 Å². The summed E-state index contributed by atoms with van der Waals surface area (Å²) in [7, 11) is 1.56. The summed E-state index contributed by atoms with van der Waals surface area (Å²) >= 11 is 0. The molecule has 0 saturated heterocycles. The summed E-state index contributed by atoms with van der Waals surface area (Å²) in [5, 5.41) is 2.87. The largest absolute Gasteiger partial charge is 0.493 e. The summed E-state index contributed by atoms with van der Waals surface area (Å²) in [6.45, 7) is 1.69. The van der Waals surface area contributed by atoms with Crippen LogP contribution in [0.1, 0.15) is 6.92 Å². The van der Waals surface area contributed by atoms with E-state index in [4.69, 9.17) is 13.9 Å². The summed E-state index contributed by atoms with van der Waals surface area (Å²) in [6, 6.07) is 22.1. The maximum absolute atomic E-state index is 12.6. The number of hydrogen-bond donors (Lipinski definition) is 1.